The zero-order valence-corrected chi connectivity index (χ0v) is 11.3. The summed E-state index contributed by atoms with van der Waals surface area (Å²) in [5.74, 6) is -1.11. The molecule has 1 saturated carbocycles. The lowest BCUT2D eigenvalue weighted by molar-refractivity contribution is 0.0990. The highest BCUT2D eigenvalue weighted by Gasteiger charge is 2.23. The van der Waals surface area contributed by atoms with Gasteiger partial charge in [-0.3, -0.25) is 4.79 Å². The number of benzene rings is 2. The number of halogens is 2. The molecule has 4 heteroatoms. The van der Waals surface area contributed by atoms with Crippen LogP contribution in [0.15, 0.2) is 42.5 Å². The van der Waals surface area contributed by atoms with E-state index >= 15 is 0 Å². The van der Waals surface area contributed by atoms with Crippen molar-refractivity contribution in [2.24, 2.45) is 0 Å². The second kappa shape index (κ2) is 5.64. The molecule has 0 radical (unpaired) electrons. The Morgan fingerprint density at radius 1 is 1.10 bits per heavy atom. The van der Waals surface area contributed by atoms with Crippen LogP contribution in [-0.2, 0) is 6.42 Å². The first-order chi connectivity index (χ1) is 10.1. The van der Waals surface area contributed by atoms with Gasteiger partial charge >= 0.3 is 0 Å². The first-order valence-electron chi connectivity index (χ1n) is 6.86. The topological polar surface area (TPSA) is 26.3 Å². The van der Waals surface area contributed by atoms with E-state index in [-0.39, 0.29) is 23.9 Å². The minimum Gasteiger partial charge on any atom is -0.490 e. The van der Waals surface area contributed by atoms with Gasteiger partial charge in [-0.1, -0.05) is 18.2 Å². The van der Waals surface area contributed by atoms with Crippen LogP contribution in [0.2, 0.25) is 0 Å². The Morgan fingerprint density at radius 2 is 1.76 bits per heavy atom. The number of rotatable bonds is 5. The van der Waals surface area contributed by atoms with Crippen LogP contribution >= 0.6 is 0 Å². The van der Waals surface area contributed by atoms with Gasteiger partial charge in [-0.05, 0) is 37.1 Å². The van der Waals surface area contributed by atoms with Crippen molar-refractivity contribution in [3.8, 4) is 5.75 Å². The van der Waals surface area contributed by atoms with Crippen LogP contribution in [0.5, 0.6) is 5.75 Å². The van der Waals surface area contributed by atoms with Crippen LogP contribution in [0.3, 0.4) is 0 Å². The summed E-state index contributed by atoms with van der Waals surface area (Å²) >= 11 is 0. The molecular formula is C17H14F2O2. The molecule has 1 aliphatic rings. The number of hydrogen-bond acceptors (Lipinski definition) is 2. The van der Waals surface area contributed by atoms with E-state index in [4.69, 9.17) is 4.74 Å². The predicted octanol–water partition coefficient (Wildman–Crippen LogP) is 3.93. The molecule has 2 aromatic carbocycles. The first kappa shape index (κ1) is 13.7. The number of carbonyl (C=O) groups excluding carboxylic acids is 1. The molecular weight excluding hydrogens is 274 g/mol. The Morgan fingerprint density at radius 3 is 2.43 bits per heavy atom. The Bertz CT molecular complexity index is 658. The molecule has 0 unspecified atom stereocenters. The molecule has 2 aromatic rings. The van der Waals surface area contributed by atoms with Gasteiger partial charge in [-0.25, -0.2) is 8.78 Å². The number of hydrogen-bond donors (Lipinski definition) is 0. The van der Waals surface area contributed by atoms with Crippen LogP contribution in [-0.4, -0.2) is 11.9 Å². The maximum atomic E-state index is 13.6. The van der Waals surface area contributed by atoms with Gasteiger partial charge in [0.25, 0.3) is 0 Å². The standard InChI is InChI=1S/C17H14F2O2/c18-15-5-2-6-16(19)14(15)10-17(20)11-3-1-4-13(9-11)21-12-7-8-12/h1-6,9,12H,7-8,10H2. The Balaban J connectivity index is 1.78. The number of Topliss-reactive ketones (excluding diaryl/α,β-unsaturated/α-hetero) is 1. The fourth-order valence-electron chi connectivity index (χ4n) is 2.09. The van der Waals surface area contributed by atoms with Crippen LogP contribution < -0.4 is 4.74 Å². The Kier molecular flexibility index (Phi) is 3.69. The lowest BCUT2D eigenvalue weighted by Crippen LogP contribution is -2.08. The smallest absolute Gasteiger partial charge is 0.167 e. The second-order valence-electron chi connectivity index (χ2n) is 5.15. The quantitative estimate of drug-likeness (QED) is 0.779. The zero-order valence-electron chi connectivity index (χ0n) is 11.3. The van der Waals surface area contributed by atoms with Gasteiger partial charge in [0.15, 0.2) is 5.78 Å². The molecule has 0 saturated heterocycles. The summed E-state index contributed by atoms with van der Waals surface area (Å²) < 4.78 is 32.8. The highest BCUT2D eigenvalue weighted by Crippen LogP contribution is 2.27. The molecule has 0 bridgehead atoms. The zero-order chi connectivity index (χ0) is 14.8. The van der Waals surface area contributed by atoms with E-state index < -0.39 is 11.6 Å². The minimum atomic E-state index is -0.700. The monoisotopic (exact) mass is 288 g/mol. The van der Waals surface area contributed by atoms with Crippen LogP contribution in [0.1, 0.15) is 28.8 Å². The van der Waals surface area contributed by atoms with E-state index in [1.807, 2.05) is 0 Å². The summed E-state index contributed by atoms with van der Waals surface area (Å²) in [6, 6.07) is 10.3. The molecule has 21 heavy (non-hydrogen) atoms. The molecule has 1 fully saturated rings. The summed E-state index contributed by atoms with van der Waals surface area (Å²) in [5.41, 5.74) is 0.201. The van der Waals surface area contributed by atoms with Crippen LogP contribution in [0.4, 0.5) is 8.78 Å². The van der Waals surface area contributed by atoms with Crippen molar-refractivity contribution in [1.82, 2.24) is 0 Å². The van der Waals surface area contributed by atoms with Crippen molar-refractivity contribution in [2.45, 2.75) is 25.4 Å². The van der Waals surface area contributed by atoms with Crippen molar-refractivity contribution in [1.29, 1.82) is 0 Å². The van der Waals surface area contributed by atoms with E-state index in [1.54, 1.807) is 24.3 Å². The van der Waals surface area contributed by atoms with E-state index in [0.29, 0.717) is 11.3 Å². The third-order valence-corrected chi connectivity index (χ3v) is 3.38. The molecule has 0 heterocycles. The molecule has 3 rings (SSSR count). The fraction of sp³-hybridized carbons (Fsp3) is 0.235. The largest absolute Gasteiger partial charge is 0.490 e. The van der Waals surface area contributed by atoms with E-state index in [0.717, 1.165) is 25.0 Å². The average Bonchev–Trinajstić information content (AvgIpc) is 3.27. The van der Waals surface area contributed by atoms with Crippen molar-refractivity contribution in [3.05, 3.63) is 65.2 Å². The molecule has 108 valence electrons. The lowest BCUT2D eigenvalue weighted by Gasteiger charge is -2.07. The van der Waals surface area contributed by atoms with Gasteiger partial charge in [0.2, 0.25) is 0 Å². The summed E-state index contributed by atoms with van der Waals surface area (Å²) in [6.07, 6.45) is 1.99. The van der Waals surface area contributed by atoms with Crippen LogP contribution in [0.25, 0.3) is 0 Å². The van der Waals surface area contributed by atoms with E-state index in [9.17, 15) is 13.6 Å². The number of carbonyl (C=O) groups is 1. The summed E-state index contributed by atoms with van der Waals surface area (Å²) in [6.45, 7) is 0. The average molecular weight is 288 g/mol. The maximum Gasteiger partial charge on any atom is 0.167 e. The molecule has 1 aliphatic carbocycles. The molecule has 0 amide bonds. The lowest BCUT2D eigenvalue weighted by atomic mass is 10.0. The minimum absolute atomic E-state index is 0.198. The second-order valence-corrected chi connectivity index (χ2v) is 5.15. The summed E-state index contributed by atoms with van der Waals surface area (Å²) in [5, 5.41) is 0. The SMILES string of the molecule is O=C(Cc1c(F)cccc1F)c1cccc(OC2CC2)c1. The third-order valence-electron chi connectivity index (χ3n) is 3.38. The molecule has 0 aliphatic heterocycles. The number of ketones is 1. The first-order valence-corrected chi connectivity index (χ1v) is 6.86. The molecule has 0 atom stereocenters. The van der Waals surface area contributed by atoms with Crippen molar-refractivity contribution < 1.29 is 18.3 Å². The van der Waals surface area contributed by atoms with Gasteiger partial charge in [0, 0.05) is 17.5 Å². The van der Waals surface area contributed by atoms with Crippen LogP contribution in [0, 0.1) is 11.6 Å². The van der Waals surface area contributed by atoms with Crippen molar-refractivity contribution in [3.63, 3.8) is 0 Å². The van der Waals surface area contributed by atoms with E-state index in [2.05, 4.69) is 0 Å². The predicted molar refractivity (Wildman–Crippen MR) is 74.5 cm³/mol. The summed E-state index contributed by atoms with van der Waals surface area (Å²) in [4.78, 5) is 12.2. The van der Waals surface area contributed by atoms with Gasteiger partial charge in [0.1, 0.15) is 17.4 Å². The molecule has 0 spiro atoms. The van der Waals surface area contributed by atoms with Gasteiger partial charge in [-0.2, -0.15) is 0 Å². The fourth-order valence-corrected chi connectivity index (χ4v) is 2.09. The van der Waals surface area contributed by atoms with Crippen molar-refractivity contribution >= 4 is 5.78 Å². The molecule has 0 aromatic heterocycles. The molecule has 2 nitrogen and oxygen atoms in total. The van der Waals surface area contributed by atoms with Gasteiger partial charge in [0.05, 0.1) is 6.10 Å². The highest BCUT2D eigenvalue weighted by atomic mass is 19.1. The normalized spacial score (nSPS) is 14.0. The number of ether oxygens (including phenoxy) is 1. The van der Waals surface area contributed by atoms with Gasteiger partial charge in [-0.15, -0.1) is 0 Å². The van der Waals surface area contributed by atoms with E-state index in [1.165, 1.54) is 6.07 Å². The van der Waals surface area contributed by atoms with Crippen molar-refractivity contribution in [2.75, 3.05) is 0 Å². The Hall–Kier alpha value is -2.23. The maximum absolute atomic E-state index is 13.6. The molecule has 0 N–H and O–H groups in total. The summed E-state index contributed by atoms with van der Waals surface area (Å²) in [7, 11) is 0. The Labute approximate surface area is 121 Å². The van der Waals surface area contributed by atoms with Gasteiger partial charge < -0.3 is 4.74 Å². The third kappa shape index (κ3) is 3.27. The highest BCUT2D eigenvalue weighted by molar-refractivity contribution is 5.97.